The van der Waals surface area contributed by atoms with Gasteiger partial charge in [-0.05, 0) is 52.9 Å². The highest BCUT2D eigenvalue weighted by atomic mass is 35.5. The second-order valence-corrected chi connectivity index (χ2v) is 8.59. The molecule has 1 aliphatic carbocycles. The predicted octanol–water partition coefficient (Wildman–Crippen LogP) is 4.62. The van der Waals surface area contributed by atoms with Gasteiger partial charge in [0.2, 0.25) is 0 Å². The van der Waals surface area contributed by atoms with Crippen molar-refractivity contribution in [3.05, 3.63) is 65.2 Å². The molecule has 1 amide bonds. The zero-order valence-electron chi connectivity index (χ0n) is 16.2. The highest BCUT2D eigenvalue weighted by Gasteiger charge is 2.60. The fraction of sp³-hybridized carbons (Fsp3) is 0.292. The van der Waals surface area contributed by atoms with E-state index in [0.717, 1.165) is 40.6 Å². The Bertz CT molecular complexity index is 1120. The molecule has 3 aromatic carbocycles. The fourth-order valence-corrected chi connectivity index (χ4v) is 4.96. The van der Waals surface area contributed by atoms with Crippen LogP contribution in [0.4, 0.5) is 0 Å². The molecule has 5 rings (SSSR count). The third kappa shape index (κ3) is 2.90. The van der Waals surface area contributed by atoms with Gasteiger partial charge < -0.3 is 14.7 Å². The standard InChI is InChI=1S/C24H22ClNO3/c1-29-22-9-8-16(25)10-21(22)19-6-2-5-18-17(19)4-3-7-20(18)23(28)26-12-15-11-24(15,13-26)14-27/h2-10,15,27H,11-14H2,1H3/t15-,24+/m1/s1. The Kier molecular flexibility index (Phi) is 4.30. The molecule has 1 heterocycles. The van der Waals surface area contributed by atoms with Crippen LogP contribution in [0.25, 0.3) is 21.9 Å². The van der Waals surface area contributed by atoms with Gasteiger partial charge in [0.1, 0.15) is 5.75 Å². The van der Waals surface area contributed by atoms with Crippen molar-refractivity contribution >= 4 is 28.3 Å². The molecule has 0 spiro atoms. The largest absolute Gasteiger partial charge is 0.496 e. The number of hydrogen-bond acceptors (Lipinski definition) is 3. The summed E-state index contributed by atoms with van der Waals surface area (Å²) in [5.41, 5.74) is 2.52. The summed E-state index contributed by atoms with van der Waals surface area (Å²) in [6, 6.07) is 17.4. The number of ether oxygens (including phenoxy) is 1. The molecule has 2 fully saturated rings. The van der Waals surface area contributed by atoms with Crippen LogP contribution in [-0.4, -0.2) is 42.7 Å². The molecule has 2 atom stereocenters. The highest BCUT2D eigenvalue weighted by molar-refractivity contribution is 6.31. The summed E-state index contributed by atoms with van der Waals surface area (Å²) in [5, 5.41) is 12.2. The fourth-order valence-electron chi connectivity index (χ4n) is 4.79. The summed E-state index contributed by atoms with van der Waals surface area (Å²) in [5.74, 6) is 1.21. The van der Waals surface area contributed by atoms with Gasteiger partial charge in [-0.2, -0.15) is 0 Å². The van der Waals surface area contributed by atoms with Crippen molar-refractivity contribution in [3.63, 3.8) is 0 Å². The number of aliphatic hydroxyl groups is 1. The highest BCUT2D eigenvalue weighted by Crippen LogP contribution is 2.57. The number of carbonyl (C=O) groups excluding carboxylic acids is 1. The Hall–Kier alpha value is -2.56. The summed E-state index contributed by atoms with van der Waals surface area (Å²) < 4.78 is 5.55. The molecule has 2 aliphatic rings. The maximum absolute atomic E-state index is 13.3. The molecule has 0 radical (unpaired) electrons. The van der Waals surface area contributed by atoms with Crippen molar-refractivity contribution in [1.82, 2.24) is 4.90 Å². The van der Waals surface area contributed by atoms with Crippen LogP contribution in [0.1, 0.15) is 16.8 Å². The first-order chi connectivity index (χ1) is 14.1. The first-order valence-electron chi connectivity index (χ1n) is 9.82. The Labute approximate surface area is 174 Å². The molecule has 5 heteroatoms. The minimum atomic E-state index is -0.0560. The number of aliphatic hydroxyl groups excluding tert-OH is 1. The van der Waals surface area contributed by atoms with E-state index in [2.05, 4.69) is 0 Å². The number of fused-ring (bicyclic) bond motifs is 2. The number of carbonyl (C=O) groups is 1. The van der Waals surface area contributed by atoms with Crippen LogP contribution in [0.3, 0.4) is 0 Å². The van der Waals surface area contributed by atoms with E-state index in [0.29, 0.717) is 23.0 Å². The minimum absolute atomic E-state index is 0.0332. The smallest absolute Gasteiger partial charge is 0.254 e. The van der Waals surface area contributed by atoms with E-state index in [1.807, 2.05) is 53.4 Å². The van der Waals surface area contributed by atoms with Crippen molar-refractivity contribution < 1.29 is 14.6 Å². The lowest BCUT2D eigenvalue weighted by atomic mass is 9.94. The summed E-state index contributed by atoms with van der Waals surface area (Å²) >= 11 is 6.25. The van der Waals surface area contributed by atoms with Gasteiger partial charge >= 0.3 is 0 Å². The summed E-state index contributed by atoms with van der Waals surface area (Å²) in [6.45, 7) is 1.54. The molecule has 1 saturated carbocycles. The van der Waals surface area contributed by atoms with Crippen LogP contribution in [0, 0.1) is 11.3 Å². The van der Waals surface area contributed by atoms with E-state index in [1.54, 1.807) is 13.2 Å². The van der Waals surface area contributed by atoms with Crippen LogP contribution >= 0.6 is 11.6 Å². The first kappa shape index (κ1) is 18.5. The van der Waals surface area contributed by atoms with Crippen molar-refractivity contribution in [2.75, 3.05) is 26.8 Å². The van der Waals surface area contributed by atoms with Crippen LogP contribution in [0.15, 0.2) is 54.6 Å². The molecule has 1 N–H and O–H groups in total. The van der Waals surface area contributed by atoms with E-state index in [1.165, 1.54) is 0 Å². The average molecular weight is 408 g/mol. The first-order valence-corrected chi connectivity index (χ1v) is 10.2. The molecule has 4 nitrogen and oxygen atoms in total. The van der Waals surface area contributed by atoms with Crippen molar-refractivity contribution in [2.45, 2.75) is 6.42 Å². The Morgan fingerprint density at radius 2 is 1.97 bits per heavy atom. The molecule has 0 bridgehead atoms. The molecule has 1 aliphatic heterocycles. The van der Waals surface area contributed by atoms with Gasteiger partial charge in [0.15, 0.2) is 0 Å². The summed E-state index contributed by atoms with van der Waals surface area (Å²) in [4.78, 5) is 15.2. The van der Waals surface area contributed by atoms with Crippen LogP contribution < -0.4 is 4.74 Å². The van der Waals surface area contributed by atoms with Gasteiger partial charge in [0.05, 0.1) is 13.7 Å². The van der Waals surface area contributed by atoms with E-state index < -0.39 is 0 Å². The number of methoxy groups -OCH3 is 1. The zero-order chi connectivity index (χ0) is 20.2. The number of amides is 1. The van der Waals surface area contributed by atoms with Gasteiger partial charge in [0, 0.05) is 34.7 Å². The van der Waals surface area contributed by atoms with Crippen LogP contribution in [-0.2, 0) is 0 Å². The molecule has 3 aromatic rings. The maximum Gasteiger partial charge on any atom is 0.254 e. The van der Waals surface area contributed by atoms with Crippen LogP contribution in [0.5, 0.6) is 5.75 Å². The number of benzene rings is 3. The molecule has 0 unspecified atom stereocenters. The number of halogens is 1. The molecule has 148 valence electrons. The molecule has 0 aromatic heterocycles. The lowest BCUT2D eigenvalue weighted by Gasteiger charge is -2.21. The van der Waals surface area contributed by atoms with E-state index in [-0.39, 0.29) is 17.9 Å². The molecule has 1 saturated heterocycles. The normalized spacial score (nSPS) is 22.6. The summed E-state index contributed by atoms with van der Waals surface area (Å²) in [6.07, 6.45) is 1.03. The number of rotatable bonds is 4. The second kappa shape index (κ2) is 6.75. The molecular weight excluding hydrogens is 386 g/mol. The zero-order valence-corrected chi connectivity index (χ0v) is 16.9. The predicted molar refractivity (Wildman–Crippen MR) is 114 cm³/mol. The van der Waals surface area contributed by atoms with Gasteiger partial charge in [-0.25, -0.2) is 0 Å². The van der Waals surface area contributed by atoms with E-state index in [9.17, 15) is 9.90 Å². The Morgan fingerprint density at radius 1 is 1.17 bits per heavy atom. The second-order valence-electron chi connectivity index (χ2n) is 8.16. The quantitative estimate of drug-likeness (QED) is 0.686. The monoisotopic (exact) mass is 407 g/mol. The van der Waals surface area contributed by atoms with Crippen molar-refractivity contribution in [3.8, 4) is 16.9 Å². The third-order valence-corrected chi connectivity index (χ3v) is 6.75. The van der Waals surface area contributed by atoms with E-state index in [4.69, 9.17) is 16.3 Å². The van der Waals surface area contributed by atoms with Crippen molar-refractivity contribution in [1.29, 1.82) is 0 Å². The topological polar surface area (TPSA) is 49.8 Å². The SMILES string of the molecule is COc1ccc(Cl)cc1-c1cccc2c(C(=O)N3C[C@H]4C[C@@]4(CO)C3)cccc12. The number of nitrogens with zero attached hydrogens (tertiary/aromatic N) is 1. The molecule has 29 heavy (non-hydrogen) atoms. The number of likely N-dealkylation sites (tertiary alicyclic amines) is 1. The van der Waals surface area contributed by atoms with Crippen molar-refractivity contribution in [2.24, 2.45) is 11.3 Å². The number of piperidine rings is 1. The van der Waals surface area contributed by atoms with E-state index >= 15 is 0 Å². The van der Waals surface area contributed by atoms with Crippen LogP contribution in [0.2, 0.25) is 5.02 Å². The lowest BCUT2D eigenvalue weighted by molar-refractivity contribution is 0.0753. The van der Waals surface area contributed by atoms with Gasteiger partial charge in [-0.15, -0.1) is 0 Å². The Balaban J connectivity index is 1.59. The van der Waals surface area contributed by atoms with Gasteiger partial charge in [0.25, 0.3) is 5.91 Å². The third-order valence-electron chi connectivity index (χ3n) is 6.51. The maximum atomic E-state index is 13.3. The van der Waals surface area contributed by atoms with Gasteiger partial charge in [-0.3, -0.25) is 4.79 Å². The Morgan fingerprint density at radius 3 is 2.72 bits per heavy atom. The minimum Gasteiger partial charge on any atom is -0.496 e. The number of hydrogen-bond donors (Lipinski definition) is 1. The summed E-state index contributed by atoms with van der Waals surface area (Å²) in [7, 11) is 1.64. The average Bonchev–Trinajstić information content (AvgIpc) is 3.32. The molecular formula is C24H22ClNO3. The lowest BCUT2D eigenvalue weighted by Crippen LogP contribution is -2.32. The van der Waals surface area contributed by atoms with Gasteiger partial charge in [-0.1, -0.05) is 41.9 Å².